The largest absolute Gasteiger partial charge is 0.256 e. The quantitative estimate of drug-likeness (QED) is 0.169. The van der Waals surface area contributed by atoms with Gasteiger partial charge in [0.25, 0.3) is 0 Å². The van der Waals surface area contributed by atoms with Crippen molar-refractivity contribution in [2.45, 2.75) is 13.8 Å². The molecule has 10 rings (SSSR count). The van der Waals surface area contributed by atoms with Gasteiger partial charge >= 0.3 is 0 Å². The predicted molar refractivity (Wildman–Crippen MR) is 226 cm³/mol. The van der Waals surface area contributed by atoms with E-state index in [-0.39, 0.29) is 0 Å². The smallest absolute Gasteiger partial charge is 0.164 e. The summed E-state index contributed by atoms with van der Waals surface area (Å²) in [5.74, 6) is 1.88. The van der Waals surface area contributed by atoms with Crippen molar-refractivity contribution in [3.63, 3.8) is 0 Å². The molecule has 0 saturated heterocycles. The molecule has 0 aliphatic carbocycles. The summed E-state index contributed by atoms with van der Waals surface area (Å²) in [6, 6.07) is 61.6. The van der Waals surface area contributed by atoms with Gasteiger partial charge in [-0.05, 0) is 85.4 Å². The van der Waals surface area contributed by atoms with Crippen LogP contribution in [0.25, 0.3) is 99.6 Å². The molecule has 0 aliphatic heterocycles. The van der Waals surface area contributed by atoms with Crippen molar-refractivity contribution in [3.05, 3.63) is 182 Å². The van der Waals surface area contributed by atoms with Crippen LogP contribution in [0.3, 0.4) is 0 Å². The standard InChI is InChI=1S/C48H30N4.C2H6/c1-3-13-31(14-4-1)46-50-47(32-15-5-2-6-16-32)52-48(51-46)37-27-35(26-36(28-37)38-25-34-17-7-12-22-45(34)49-30-38)33-23-24-43-41-20-9-8-18-39(41)40-19-10-11-21-42(40)44(43)29-33;1-2/h1-30H;1-2H3. The second-order valence-electron chi connectivity index (χ2n) is 13.1. The third-order valence-corrected chi connectivity index (χ3v) is 9.89. The number of benzene rings is 8. The lowest BCUT2D eigenvalue weighted by atomic mass is 9.90. The van der Waals surface area contributed by atoms with Gasteiger partial charge in [0.2, 0.25) is 0 Å². The molecule has 256 valence electrons. The van der Waals surface area contributed by atoms with Gasteiger partial charge in [-0.15, -0.1) is 0 Å². The molecule has 4 nitrogen and oxygen atoms in total. The Hall–Kier alpha value is -7.04. The van der Waals surface area contributed by atoms with Gasteiger partial charge in [0.15, 0.2) is 17.5 Å². The highest BCUT2D eigenvalue weighted by Crippen LogP contribution is 2.39. The fourth-order valence-electron chi connectivity index (χ4n) is 7.34. The van der Waals surface area contributed by atoms with E-state index in [0.29, 0.717) is 17.5 Å². The molecule has 0 aliphatic rings. The first-order valence-electron chi connectivity index (χ1n) is 18.5. The van der Waals surface area contributed by atoms with Crippen LogP contribution in [-0.4, -0.2) is 19.9 Å². The summed E-state index contributed by atoms with van der Waals surface area (Å²) in [5.41, 5.74) is 8.00. The highest BCUT2D eigenvalue weighted by atomic mass is 15.0. The SMILES string of the molecule is CC.c1ccc(-c2nc(-c3ccccc3)nc(-c3cc(-c4cnc5ccccc5c4)cc(-c4ccc5c6ccccc6c6ccccc6c5c4)c3)n2)cc1. The van der Waals surface area contributed by atoms with E-state index < -0.39 is 0 Å². The Kier molecular flexibility index (Phi) is 8.62. The molecule has 0 saturated carbocycles. The number of nitrogens with zero attached hydrogens (tertiary/aromatic N) is 4. The minimum atomic E-state index is 0.613. The summed E-state index contributed by atoms with van der Waals surface area (Å²) in [4.78, 5) is 20.0. The average Bonchev–Trinajstić information content (AvgIpc) is 3.27. The maximum atomic E-state index is 5.11. The fourth-order valence-corrected chi connectivity index (χ4v) is 7.34. The third kappa shape index (κ3) is 6.04. The summed E-state index contributed by atoms with van der Waals surface area (Å²) in [5, 5.41) is 8.58. The molecule has 0 radical (unpaired) electrons. The molecular weight excluding hydrogens is 657 g/mol. The fraction of sp³-hybridized carbons (Fsp3) is 0.0400. The first kappa shape index (κ1) is 32.8. The number of fused-ring (bicyclic) bond motifs is 7. The maximum absolute atomic E-state index is 5.11. The van der Waals surface area contributed by atoms with Gasteiger partial charge in [-0.1, -0.05) is 153 Å². The molecule has 0 fully saturated rings. The predicted octanol–water partition coefficient (Wildman–Crippen LogP) is 13.2. The second-order valence-corrected chi connectivity index (χ2v) is 13.1. The molecular formula is C50H36N4. The molecule has 0 N–H and O–H groups in total. The average molecular weight is 693 g/mol. The van der Waals surface area contributed by atoms with Crippen LogP contribution in [0, 0.1) is 0 Å². The van der Waals surface area contributed by atoms with Crippen molar-refractivity contribution in [2.75, 3.05) is 0 Å². The Morgan fingerprint density at radius 2 is 0.741 bits per heavy atom. The van der Waals surface area contributed by atoms with E-state index in [4.69, 9.17) is 19.9 Å². The molecule has 0 spiro atoms. The van der Waals surface area contributed by atoms with Crippen molar-refractivity contribution in [1.82, 2.24) is 19.9 Å². The van der Waals surface area contributed by atoms with Crippen molar-refractivity contribution >= 4 is 43.2 Å². The monoisotopic (exact) mass is 692 g/mol. The van der Waals surface area contributed by atoms with Crippen LogP contribution < -0.4 is 0 Å². The number of hydrogen-bond donors (Lipinski definition) is 0. The zero-order valence-corrected chi connectivity index (χ0v) is 30.1. The van der Waals surface area contributed by atoms with Crippen molar-refractivity contribution in [1.29, 1.82) is 0 Å². The van der Waals surface area contributed by atoms with E-state index in [1.807, 2.05) is 92.8 Å². The van der Waals surface area contributed by atoms with Crippen LogP contribution in [0.1, 0.15) is 13.8 Å². The first-order valence-corrected chi connectivity index (χ1v) is 18.5. The zero-order chi connectivity index (χ0) is 36.4. The first-order chi connectivity index (χ1) is 26.7. The van der Waals surface area contributed by atoms with E-state index in [2.05, 4.69) is 103 Å². The number of rotatable bonds is 5. The molecule has 10 aromatic rings. The Bertz CT molecular complexity index is 2860. The summed E-state index contributed by atoms with van der Waals surface area (Å²) >= 11 is 0. The molecule has 54 heavy (non-hydrogen) atoms. The van der Waals surface area contributed by atoms with Gasteiger partial charge in [-0.3, -0.25) is 4.98 Å². The van der Waals surface area contributed by atoms with Crippen LogP contribution in [0.15, 0.2) is 182 Å². The molecule has 0 amide bonds. The number of pyridine rings is 1. The number of aromatic nitrogens is 4. The second kappa shape index (κ2) is 14.2. The summed E-state index contributed by atoms with van der Waals surface area (Å²) < 4.78 is 0. The van der Waals surface area contributed by atoms with E-state index >= 15 is 0 Å². The molecule has 4 heteroatoms. The van der Waals surface area contributed by atoms with Gasteiger partial charge in [0.1, 0.15) is 0 Å². The minimum Gasteiger partial charge on any atom is -0.256 e. The Morgan fingerprint density at radius 3 is 1.33 bits per heavy atom. The van der Waals surface area contributed by atoms with Gasteiger partial charge in [0.05, 0.1) is 5.52 Å². The van der Waals surface area contributed by atoms with E-state index in [9.17, 15) is 0 Å². The zero-order valence-electron chi connectivity index (χ0n) is 30.1. The van der Waals surface area contributed by atoms with Crippen LogP contribution in [0.4, 0.5) is 0 Å². The molecule has 0 bridgehead atoms. The van der Waals surface area contributed by atoms with Crippen LogP contribution in [-0.2, 0) is 0 Å². The molecule has 8 aromatic carbocycles. The topological polar surface area (TPSA) is 51.6 Å². The van der Waals surface area contributed by atoms with Crippen LogP contribution >= 0.6 is 0 Å². The van der Waals surface area contributed by atoms with E-state index in [1.165, 1.54) is 32.3 Å². The normalized spacial score (nSPS) is 11.1. The lowest BCUT2D eigenvalue weighted by Crippen LogP contribution is -2.00. The summed E-state index contributed by atoms with van der Waals surface area (Å²) in [6.45, 7) is 4.00. The third-order valence-electron chi connectivity index (χ3n) is 9.89. The van der Waals surface area contributed by atoms with Crippen LogP contribution in [0.5, 0.6) is 0 Å². The van der Waals surface area contributed by atoms with E-state index in [0.717, 1.165) is 49.8 Å². The summed E-state index contributed by atoms with van der Waals surface area (Å²) in [7, 11) is 0. The summed E-state index contributed by atoms with van der Waals surface area (Å²) in [6.07, 6.45) is 1.96. The number of para-hydroxylation sites is 1. The minimum absolute atomic E-state index is 0.613. The molecule has 2 heterocycles. The van der Waals surface area contributed by atoms with Crippen molar-refractivity contribution in [2.24, 2.45) is 0 Å². The van der Waals surface area contributed by atoms with Crippen molar-refractivity contribution < 1.29 is 0 Å². The molecule has 0 atom stereocenters. The lowest BCUT2D eigenvalue weighted by molar-refractivity contribution is 1.07. The van der Waals surface area contributed by atoms with Gasteiger partial charge in [0, 0.05) is 33.8 Å². The highest BCUT2D eigenvalue weighted by Gasteiger charge is 2.16. The Morgan fingerprint density at radius 1 is 0.296 bits per heavy atom. The Balaban J connectivity index is 0.00000189. The van der Waals surface area contributed by atoms with Crippen molar-refractivity contribution in [3.8, 4) is 56.4 Å². The lowest BCUT2D eigenvalue weighted by Gasteiger charge is -2.14. The van der Waals surface area contributed by atoms with Gasteiger partial charge in [-0.2, -0.15) is 0 Å². The van der Waals surface area contributed by atoms with Crippen LogP contribution in [0.2, 0.25) is 0 Å². The maximum Gasteiger partial charge on any atom is 0.164 e. The Labute approximate surface area is 314 Å². The van der Waals surface area contributed by atoms with E-state index in [1.54, 1.807) is 0 Å². The number of hydrogen-bond acceptors (Lipinski definition) is 4. The molecule has 0 unspecified atom stereocenters. The van der Waals surface area contributed by atoms with Gasteiger partial charge < -0.3 is 0 Å². The molecule has 2 aromatic heterocycles. The highest BCUT2D eigenvalue weighted by molar-refractivity contribution is 6.25. The van der Waals surface area contributed by atoms with Gasteiger partial charge in [-0.25, -0.2) is 15.0 Å².